The van der Waals surface area contributed by atoms with Gasteiger partial charge in [-0.1, -0.05) is 145 Å². The van der Waals surface area contributed by atoms with E-state index >= 15 is 0 Å². The summed E-state index contributed by atoms with van der Waals surface area (Å²) in [6.45, 7) is 1.81. The summed E-state index contributed by atoms with van der Waals surface area (Å²) in [4.78, 5) is -0.291. The van der Waals surface area contributed by atoms with Gasteiger partial charge in [-0.05, 0) is 70.5 Å². The second-order valence-corrected chi connectivity index (χ2v) is 18.5. The number of nitrogens with one attached hydrogen (secondary N) is 1. The van der Waals surface area contributed by atoms with E-state index in [1.54, 1.807) is 18.2 Å². The topological polar surface area (TPSA) is 80.3 Å². The van der Waals surface area contributed by atoms with Crippen molar-refractivity contribution in [2.75, 3.05) is 4.72 Å². The van der Waals surface area contributed by atoms with E-state index in [0.717, 1.165) is 48.6 Å². The van der Waals surface area contributed by atoms with E-state index in [1.165, 1.54) is 12.1 Å². The van der Waals surface area contributed by atoms with E-state index in [9.17, 15) is 16.8 Å². The van der Waals surface area contributed by atoms with Crippen LogP contribution >= 0.6 is 7.92 Å². The summed E-state index contributed by atoms with van der Waals surface area (Å²) in [5, 5.41) is 6.90. The molecule has 5 nitrogen and oxygen atoms in total. The van der Waals surface area contributed by atoms with Crippen molar-refractivity contribution in [2.45, 2.75) is 11.8 Å². The molecule has 0 heterocycles. The Balaban J connectivity index is 1.54. The van der Waals surface area contributed by atoms with E-state index in [4.69, 9.17) is 0 Å². The Morgan fingerprint density at radius 2 is 0.979 bits per heavy atom. The molecule has 0 aliphatic heterocycles. The summed E-state index contributed by atoms with van der Waals surface area (Å²) in [6, 6.07) is 49.9. The first-order chi connectivity index (χ1) is 22.7. The van der Waals surface area contributed by atoms with Crippen LogP contribution in [0.1, 0.15) is 5.56 Å². The van der Waals surface area contributed by atoms with Crippen molar-refractivity contribution in [1.82, 2.24) is 0 Å². The Bertz CT molecular complexity index is 2430. The lowest BCUT2D eigenvalue weighted by Gasteiger charge is -2.26. The minimum Gasteiger partial charge on any atom is -0.270 e. The number of fused-ring (bicyclic) bond motifs is 2. The smallest absolute Gasteiger partial charge is 0.270 e. The second kappa shape index (κ2) is 12.4. The fourth-order valence-electron chi connectivity index (χ4n) is 5.94. The van der Waals surface area contributed by atoms with Gasteiger partial charge in [-0.3, -0.25) is 4.72 Å². The van der Waals surface area contributed by atoms with Crippen molar-refractivity contribution >= 4 is 69.0 Å². The van der Waals surface area contributed by atoms with E-state index in [0.29, 0.717) is 5.56 Å². The molecule has 7 aromatic rings. The monoisotopic (exact) mass is 671 g/mol. The van der Waals surface area contributed by atoms with E-state index in [-0.39, 0.29) is 10.6 Å². The van der Waals surface area contributed by atoms with Crippen molar-refractivity contribution in [3.05, 3.63) is 163 Å². The third-order valence-corrected chi connectivity index (χ3v) is 15.1. The minimum absolute atomic E-state index is 0.188. The Morgan fingerprint density at radius 3 is 1.55 bits per heavy atom. The quantitative estimate of drug-likeness (QED) is 0.132. The van der Waals surface area contributed by atoms with Crippen molar-refractivity contribution in [1.29, 1.82) is 0 Å². The van der Waals surface area contributed by atoms with Gasteiger partial charge in [-0.2, -0.15) is 8.42 Å². The van der Waals surface area contributed by atoms with Crippen molar-refractivity contribution in [2.24, 2.45) is 0 Å². The molecule has 0 spiro atoms. The Morgan fingerprint density at radius 1 is 0.489 bits per heavy atom. The van der Waals surface area contributed by atoms with Gasteiger partial charge in [0.1, 0.15) is 0 Å². The molecule has 0 aromatic heterocycles. The normalized spacial score (nSPS) is 12.0. The summed E-state index contributed by atoms with van der Waals surface area (Å²) in [7, 11) is -10.9. The highest BCUT2D eigenvalue weighted by atomic mass is 33.2. The molecule has 7 rings (SSSR count). The predicted octanol–water partition coefficient (Wildman–Crippen LogP) is 7.86. The van der Waals surface area contributed by atoms with Gasteiger partial charge in [0.2, 0.25) is 0 Å². The number of benzene rings is 7. The number of anilines is 1. The lowest BCUT2D eigenvalue weighted by Crippen LogP contribution is -2.25. The number of hydrogen-bond acceptors (Lipinski definition) is 4. The average Bonchev–Trinajstić information content (AvgIpc) is 3.09. The zero-order valence-electron chi connectivity index (χ0n) is 25.4. The van der Waals surface area contributed by atoms with Gasteiger partial charge in [0, 0.05) is 11.1 Å². The van der Waals surface area contributed by atoms with E-state index in [2.05, 4.69) is 41.1 Å². The molecule has 1 N–H and O–H groups in total. The van der Waals surface area contributed by atoms with Crippen LogP contribution in [0, 0.1) is 6.92 Å². The van der Waals surface area contributed by atoms with Crippen molar-refractivity contribution in [3.8, 4) is 11.1 Å². The van der Waals surface area contributed by atoms with Crippen molar-refractivity contribution in [3.63, 3.8) is 0 Å². The summed E-state index contributed by atoms with van der Waals surface area (Å²) in [5.74, 6) is 0. The first-order valence-corrected chi connectivity index (χ1v) is 19.9. The Labute approximate surface area is 275 Å². The number of rotatable bonds is 8. The zero-order valence-corrected chi connectivity index (χ0v) is 27.9. The first-order valence-electron chi connectivity index (χ1n) is 15.0. The molecule has 0 saturated carbocycles. The molecule has 232 valence electrons. The summed E-state index contributed by atoms with van der Waals surface area (Å²) >= 11 is 0. The van der Waals surface area contributed by atoms with Crippen LogP contribution in [0.25, 0.3) is 32.7 Å². The number of hydrogen-bond donors (Lipinski definition) is 1. The lowest BCUT2D eigenvalue weighted by atomic mass is 9.92. The largest absolute Gasteiger partial charge is 0.343 e. The highest BCUT2D eigenvalue weighted by Gasteiger charge is 2.34. The summed E-state index contributed by atoms with van der Waals surface area (Å²) in [6.07, 6.45) is 0. The van der Waals surface area contributed by atoms with Crippen LogP contribution in [0.5, 0.6) is 0 Å². The SMILES string of the molecule is Cc1ccc(S(=O)(=O)S(=O)(=O)Nc2ccc3ccccc3c2-c2c(P(c3ccccc3)c3ccccc3)ccc3ccccc23)cc1. The van der Waals surface area contributed by atoms with Crippen LogP contribution in [0.2, 0.25) is 0 Å². The molecule has 0 aliphatic rings. The van der Waals surface area contributed by atoms with Crippen molar-refractivity contribution < 1.29 is 16.8 Å². The summed E-state index contributed by atoms with van der Waals surface area (Å²) < 4.78 is 57.4. The fraction of sp³-hybridized carbons (Fsp3) is 0.0256. The molecule has 0 aliphatic carbocycles. The standard InChI is InChI=1S/C39H30NO4PS2/c1-28-20-24-33(25-21-28)46(41,42)47(43,44)40-36-26-22-29-12-8-10-18-34(29)38(36)39-35-19-11-9-13-30(35)23-27-37(39)45(31-14-4-2-5-15-31)32-16-6-3-7-17-32/h2-27,40H,1H3. The molecular formula is C39H30NO4PS2. The molecule has 0 radical (unpaired) electrons. The zero-order chi connectivity index (χ0) is 32.6. The van der Waals surface area contributed by atoms with Gasteiger partial charge in [-0.15, -0.1) is 0 Å². The molecular weight excluding hydrogens is 642 g/mol. The summed E-state index contributed by atoms with van der Waals surface area (Å²) in [5.41, 5.74) is 2.48. The van der Waals surface area contributed by atoms with E-state index < -0.39 is 25.8 Å². The molecule has 0 saturated heterocycles. The van der Waals surface area contributed by atoms with Crippen LogP contribution < -0.4 is 20.6 Å². The maximum atomic E-state index is 13.9. The van der Waals surface area contributed by atoms with Gasteiger partial charge in [-0.25, -0.2) is 8.42 Å². The predicted molar refractivity (Wildman–Crippen MR) is 197 cm³/mol. The molecule has 0 bridgehead atoms. The Hall–Kier alpha value is -4.81. The van der Waals surface area contributed by atoms with Gasteiger partial charge in [0.25, 0.3) is 8.87 Å². The minimum atomic E-state index is -4.94. The molecule has 7 aromatic carbocycles. The average molecular weight is 672 g/mol. The molecule has 0 unspecified atom stereocenters. The van der Waals surface area contributed by atoms with Crippen LogP contribution in [-0.2, 0) is 17.9 Å². The fourth-order valence-corrected chi connectivity index (χ4v) is 11.4. The third kappa shape index (κ3) is 5.72. The molecule has 0 fully saturated rings. The van der Waals surface area contributed by atoms with Crippen LogP contribution in [0.15, 0.2) is 163 Å². The van der Waals surface area contributed by atoms with Gasteiger partial charge >= 0.3 is 9.06 Å². The molecule has 0 atom stereocenters. The van der Waals surface area contributed by atoms with Crippen LogP contribution in [0.4, 0.5) is 5.69 Å². The van der Waals surface area contributed by atoms with Gasteiger partial charge < -0.3 is 0 Å². The van der Waals surface area contributed by atoms with Gasteiger partial charge in [0.05, 0.1) is 10.6 Å². The highest BCUT2D eigenvalue weighted by Crippen LogP contribution is 2.45. The van der Waals surface area contributed by atoms with E-state index in [1.807, 2.05) is 97.9 Å². The lowest BCUT2D eigenvalue weighted by molar-refractivity contribution is 0.585. The third-order valence-electron chi connectivity index (χ3n) is 8.19. The maximum absolute atomic E-state index is 13.9. The second-order valence-electron chi connectivity index (χ2n) is 11.2. The highest BCUT2D eigenvalue weighted by molar-refractivity contribution is 8.67. The van der Waals surface area contributed by atoms with Crippen LogP contribution in [-0.4, -0.2) is 16.8 Å². The number of aryl methyl sites for hydroxylation is 1. The maximum Gasteiger partial charge on any atom is 0.343 e. The molecule has 47 heavy (non-hydrogen) atoms. The van der Waals surface area contributed by atoms with Crippen LogP contribution in [0.3, 0.4) is 0 Å². The molecule has 8 heteroatoms. The Kier molecular flexibility index (Phi) is 8.15. The van der Waals surface area contributed by atoms with Gasteiger partial charge in [0.15, 0.2) is 0 Å². The first kappa shape index (κ1) is 30.8. The molecule has 0 amide bonds.